The molecule has 1 rings (SSSR count). The molecule has 0 bridgehead atoms. The third-order valence-corrected chi connectivity index (χ3v) is 2.57. The third-order valence-electron chi connectivity index (χ3n) is 1.79. The quantitative estimate of drug-likeness (QED) is 0.415. The summed E-state index contributed by atoms with van der Waals surface area (Å²) < 4.78 is 5.61. The van der Waals surface area contributed by atoms with Crippen LogP contribution in [0.3, 0.4) is 0 Å². The number of para-hydroxylation sites is 1. The van der Waals surface area contributed by atoms with Crippen molar-refractivity contribution in [1.82, 2.24) is 0 Å². The fourth-order valence-electron chi connectivity index (χ4n) is 1.09. The van der Waals surface area contributed by atoms with Gasteiger partial charge in [-0.1, -0.05) is 12.1 Å². The van der Waals surface area contributed by atoms with Crippen molar-refractivity contribution in [1.29, 1.82) is 0 Å². The van der Waals surface area contributed by atoms with Gasteiger partial charge in [0.1, 0.15) is 5.75 Å². The van der Waals surface area contributed by atoms with E-state index in [1.165, 1.54) is 4.90 Å². The van der Waals surface area contributed by atoms with Crippen LogP contribution in [0.5, 0.6) is 5.75 Å². The van der Waals surface area contributed by atoms with Crippen LogP contribution in [0.2, 0.25) is 0 Å². The van der Waals surface area contributed by atoms with E-state index in [4.69, 9.17) is 11.2 Å². The zero-order valence-corrected chi connectivity index (χ0v) is 9.14. The first-order valence-electron chi connectivity index (χ1n) is 4.57. The summed E-state index contributed by atoms with van der Waals surface area (Å²) in [6.45, 7) is 0.696. The second-order valence-electron chi connectivity index (χ2n) is 2.81. The molecule has 0 aliphatic rings. The Labute approximate surface area is 89.9 Å². The summed E-state index contributed by atoms with van der Waals surface area (Å²) in [5, 5.41) is 0. The average Bonchev–Trinajstić information content (AvgIpc) is 2.25. The average molecular weight is 206 g/mol. The molecule has 0 amide bonds. The Bertz CT molecular complexity index is 314. The maximum Gasteiger partial charge on any atom is 0.132 e. The molecule has 0 radical (unpaired) electrons. The Morgan fingerprint density at radius 3 is 2.93 bits per heavy atom. The molecule has 2 heteroatoms. The number of rotatable bonds is 5. The summed E-state index contributed by atoms with van der Waals surface area (Å²) in [6, 6.07) is 8.04. The number of hydrogen-bond donors (Lipinski definition) is 0. The molecule has 0 saturated heterocycles. The van der Waals surface area contributed by atoms with Gasteiger partial charge in [0.05, 0.1) is 6.61 Å². The monoisotopic (exact) mass is 206 g/mol. The Morgan fingerprint density at radius 2 is 2.21 bits per heavy atom. The lowest BCUT2D eigenvalue weighted by Crippen LogP contribution is -1.97. The van der Waals surface area contributed by atoms with Crippen LogP contribution in [0.25, 0.3) is 0 Å². The molecular weight excluding hydrogens is 192 g/mol. The SMILES string of the molecule is C#CCCCOc1ccccc1SC. The molecule has 0 unspecified atom stereocenters. The van der Waals surface area contributed by atoms with Gasteiger partial charge >= 0.3 is 0 Å². The van der Waals surface area contributed by atoms with Crippen molar-refractivity contribution in [3.8, 4) is 18.1 Å². The summed E-state index contributed by atoms with van der Waals surface area (Å²) in [5.74, 6) is 3.55. The van der Waals surface area contributed by atoms with Gasteiger partial charge < -0.3 is 4.74 Å². The first kappa shape index (κ1) is 11.0. The molecule has 0 saturated carbocycles. The third kappa shape index (κ3) is 3.35. The van der Waals surface area contributed by atoms with Gasteiger partial charge in [-0.15, -0.1) is 24.1 Å². The molecule has 0 heterocycles. The van der Waals surface area contributed by atoms with Crippen LogP contribution in [-0.2, 0) is 0 Å². The molecule has 0 fully saturated rings. The van der Waals surface area contributed by atoms with E-state index >= 15 is 0 Å². The van der Waals surface area contributed by atoms with Crippen molar-refractivity contribution in [2.45, 2.75) is 17.7 Å². The van der Waals surface area contributed by atoms with Crippen LogP contribution in [0.1, 0.15) is 12.8 Å². The van der Waals surface area contributed by atoms with Crippen LogP contribution in [0.4, 0.5) is 0 Å². The minimum absolute atomic E-state index is 0.696. The van der Waals surface area contributed by atoms with E-state index in [0.717, 1.165) is 18.6 Å². The van der Waals surface area contributed by atoms with Crippen LogP contribution in [-0.4, -0.2) is 12.9 Å². The van der Waals surface area contributed by atoms with Crippen LogP contribution >= 0.6 is 11.8 Å². The van der Waals surface area contributed by atoms with E-state index in [1.807, 2.05) is 24.5 Å². The predicted octanol–water partition coefficient (Wildman–Crippen LogP) is 3.20. The van der Waals surface area contributed by atoms with Gasteiger partial charge in [0.15, 0.2) is 0 Å². The zero-order valence-electron chi connectivity index (χ0n) is 8.32. The molecule has 1 nitrogen and oxygen atoms in total. The highest BCUT2D eigenvalue weighted by Crippen LogP contribution is 2.26. The second-order valence-corrected chi connectivity index (χ2v) is 3.66. The van der Waals surface area contributed by atoms with E-state index in [-0.39, 0.29) is 0 Å². The number of thioether (sulfide) groups is 1. The van der Waals surface area contributed by atoms with Crippen molar-refractivity contribution < 1.29 is 4.74 Å². The smallest absolute Gasteiger partial charge is 0.132 e. The summed E-state index contributed by atoms with van der Waals surface area (Å²) in [4.78, 5) is 1.17. The van der Waals surface area contributed by atoms with Gasteiger partial charge in [0.25, 0.3) is 0 Å². The van der Waals surface area contributed by atoms with Crippen molar-refractivity contribution >= 4 is 11.8 Å². The van der Waals surface area contributed by atoms with Gasteiger partial charge in [0, 0.05) is 11.3 Å². The van der Waals surface area contributed by atoms with Crippen LogP contribution in [0, 0.1) is 12.3 Å². The Kier molecular flexibility index (Phi) is 5.03. The highest BCUT2D eigenvalue weighted by Gasteiger charge is 1.99. The highest BCUT2D eigenvalue weighted by atomic mass is 32.2. The van der Waals surface area contributed by atoms with Gasteiger partial charge in [0.2, 0.25) is 0 Å². The van der Waals surface area contributed by atoms with Crippen LogP contribution < -0.4 is 4.74 Å². The van der Waals surface area contributed by atoms with Crippen LogP contribution in [0.15, 0.2) is 29.2 Å². The summed E-state index contributed by atoms with van der Waals surface area (Å²) in [7, 11) is 0. The molecule has 1 aromatic rings. The first-order valence-corrected chi connectivity index (χ1v) is 5.80. The number of benzene rings is 1. The normalized spacial score (nSPS) is 9.43. The molecule has 14 heavy (non-hydrogen) atoms. The fraction of sp³-hybridized carbons (Fsp3) is 0.333. The predicted molar refractivity (Wildman–Crippen MR) is 61.8 cm³/mol. The van der Waals surface area contributed by atoms with Crippen molar-refractivity contribution in [3.05, 3.63) is 24.3 Å². The lowest BCUT2D eigenvalue weighted by molar-refractivity contribution is 0.306. The highest BCUT2D eigenvalue weighted by molar-refractivity contribution is 7.98. The van der Waals surface area contributed by atoms with Gasteiger partial charge in [-0.05, 0) is 24.8 Å². The van der Waals surface area contributed by atoms with E-state index in [1.54, 1.807) is 11.8 Å². The van der Waals surface area contributed by atoms with E-state index in [9.17, 15) is 0 Å². The van der Waals surface area contributed by atoms with Crippen molar-refractivity contribution in [2.75, 3.05) is 12.9 Å². The van der Waals surface area contributed by atoms with Gasteiger partial charge in [-0.25, -0.2) is 0 Å². The number of unbranched alkanes of at least 4 members (excludes halogenated alkanes) is 1. The summed E-state index contributed by atoms with van der Waals surface area (Å²) >= 11 is 1.69. The zero-order chi connectivity index (χ0) is 10.2. The second kappa shape index (κ2) is 6.39. The van der Waals surface area contributed by atoms with Gasteiger partial charge in [-0.2, -0.15) is 0 Å². The topological polar surface area (TPSA) is 9.23 Å². The molecule has 0 atom stereocenters. The first-order chi connectivity index (χ1) is 6.88. The molecule has 1 aromatic carbocycles. The number of ether oxygens (including phenoxy) is 1. The Hall–Kier alpha value is -1.07. The molecule has 0 aromatic heterocycles. The molecular formula is C12H14OS. The van der Waals surface area contributed by atoms with E-state index < -0.39 is 0 Å². The molecule has 0 N–H and O–H groups in total. The Balaban J connectivity index is 2.46. The van der Waals surface area contributed by atoms with Crippen molar-refractivity contribution in [2.24, 2.45) is 0 Å². The molecule has 0 spiro atoms. The minimum Gasteiger partial charge on any atom is -0.492 e. The summed E-state index contributed by atoms with van der Waals surface area (Å²) in [6.07, 6.45) is 8.89. The maximum atomic E-state index is 5.61. The summed E-state index contributed by atoms with van der Waals surface area (Å²) in [5.41, 5.74) is 0. The molecule has 0 aliphatic carbocycles. The number of terminal acetylenes is 1. The van der Waals surface area contributed by atoms with E-state index in [0.29, 0.717) is 6.61 Å². The molecule has 74 valence electrons. The lowest BCUT2D eigenvalue weighted by Gasteiger charge is -2.08. The van der Waals surface area contributed by atoms with E-state index in [2.05, 4.69) is 12.0 Å². The minimum atomic E-state index is 0.696. The maximum absolute atomic E-state index is 5.61. The largest absolute Gasteiger partial charge is 0.492 e. The van der Waals surface area contributed by atoms with Crippen molar-refractivity contribution in [3.63, 3.8) is 0 Å². The number of hydrogen-bond acceptors (Lipinski definition) is 2. The fourth-order valence-corrected chi connectivity index (χ4v) is 1.64. The molecule has 0 aliphatic heterocycles. The Morgan fingerprint density at radius 1 is 1.43 bits per heavy atom. The standard InChI is InChI=1S/C12H14OS/c1-3-4-7-10-13-11-8-5-6-9-12(11)14-2/h1,5-6,8-9H,4,7,10H2,2H3. The lowest BCUT2D eigenvalue weighted by atomic mass is 10.3. The van der Waals surface area contributed by atoms with Gasteiger partial charge in [-0.3, -0.25) is 0 Å².